The largest absolute Gasteiger partial charge is 0.388 e. The van der Waals surface area contributed by atoms with E-state index in [2.05, 4.69) is 15.5 Å². The summed E-state index contributed by atoms with van der Waals surface area (Å²) in [5, 5.41) is 23.3. The van der Waals surface area contributed by atoms with Crippen molar-refractivity contribution in [2.75, 3.05) is 11.9 Å². The van der Waals surface area contributed by atoms with Gasteiger partial charge in [0, 0.05) is 6.54 Å². The van der Waals surface area contributed by atoms with Crippen LogP contribution in [0, 0.1) is 6.92 Å². The fraction of sp³-hybridized carbons (Fsp3) is 0.818. The minimum Gasteiger partial charge on any atom is -0.388 e. The van der Waals surface area contributed by atoms with E-state index in [1.165, 1.54) is 24.2 Å². The predicted octanol–water partition coefficient (Wildman–Crippen LogP) is 2.34. The van der Waals surface area contributed by atoms with Crippen LogP contribution in [0.3, 0.4) is 0 Å². The highest BCUT2D eigenvalue weighted by atomic mass is 32.1. The first-order valence-electron chi connectivity index (χ1n) is 5.94. The zero-order chi connectivity index (χ0) is 11.4. The van der Waals surface area contributed by atoms with Gasteiger partial charge in [0.1, 0.15) is 5.01 Å². The average molecular weight is 241 g/mol. The molecule has 1 fully saturated rings. The summed E-state index contributed by atoms with van der Waals surface area (Å²) in [5.74, 6) is 0. The first kappa shape index (κ1) is 11.8. The van der Waals surface area contributed by atoms with Gasteiger partial charge in [-0.05, 0) is 19.8 Å². The molecule has 1 aliphatic carbocycles. The Morgan fingerprint density at radius 1 is 1.25 bits per heavy atom. The molecule has 0 aromatic carbocycles. The summed E-state index contributed by atoms with van der Waals surface area (Å²) in [6.07, 6.45) is 6.57. The van der Waals surface area contributed by atoms with Gasteiger partial charge in [0.15, 0.2) is 0 Å². The number of hydrogen-bond acceptors (Lipinski definition) is 5. The van der Waals surface area contributed by atoms with E-state index in [1.54, 1.807) is 0 Å². The Kier molecular flexibility index (Phi) is 3.76. The van der Waals surface area contributed by atoms with Crippen LogP contribution in [-0.4, -0.2) is 27.4 Å². The molecule has 0 amide bonds. The van der Waals surface area contributed by atoms with Crippen molar-refractivity contribution < 1.29 is 5.11 Å². The second kappa shape index (κ2) is 5.10. The Morgan fingerprint density at radius 2 is 1.94 bits per heavy atom. The third-order valence-electron chi connectivity index (χ3n) is 3.13. The van der Waals surface area contributed by atoms with E-state index >= 15 is 0 Å². The van der Waals surface area contributed by atoms with Crippen LogP contribution in [0.1, 0.15) is 43.5 Å². The summed E-state index contributed by atoms with van der Waals surface area (Å²) in [6.45, 7) is 2.53. The highest BCUT2D eigenvalue weighted by Crippen LogP contribution is 2.27. The summed E-state index contributed by atoms with van der Waals surface area (Å²) in [6, 6.07) is 0. The lowest BCUT2D eigenvalue weighted by atomic mass is 9.95. The van der Waals surface area contributed by atoms with Crippen molar-refractivity contribution in [3.63, 3.8) is 0 Å². The van der Waals surface area contributed by atoms with Crippen molar-refractivity contribution >= 4 is 16.5 Å². The van der Waals surface area contributed by atoms with Crippen molar-refractivity contribution in [3.05, 3.63) is 5.01 Å². The third-order valence-corrected chi connectivity index (χ3v) is 3.93. The summed E-state index contributed by atoms with van der Waals surface area (Å²) < 4.78 is 0. The van der Waals surface area contributed by atoms with Gasteiger partial charge >= 0.3 is 0 Å². The van der Waals surface area contributed by atoms with Gasteiger partial charge < -0.3 is 10.4 Å². The second-order valence-corrected chi connectivity index (χ2v) is 5.80. The lowest BCUT2D eigenvalue weighted by Crippen LogP contribution is -2.36. The molecule has 4 nitrogen and oxygen atoms in total. The van der Waals surface area contributed by atoms with Crippen LogP contribution in [0.15, 0.2) is 0 Å². The van der Waals surface area contributed by atoms with Crippen molar-refractivity contribution in [2.24, 2.45) is 0 Å². The molecule has 0 unspecified atom stereocenters. The van der Waals surface area contributed by atoms with Gasteiger partial charge in [-0.15, -0.1) is 10.2 Å². The van der Waals surface area contributed by atoms with E-state index < -0.39 is 5.60 Å². The van der Waals surface area contributed by atoms with Gasteiger partial charge in [-0.3, -0.25) is 0 Å². The van der Waals surface area contributed by atoms with Gasteiger partial charge in [-0.2, -0.15) is 0 Å². The van der Waals surface area contributed by atoms with Crippen molar-refractivity contribution in [1.82, 2.24) is 10.2 Å². The highest BCUT2D eigenvalue weighted by molar-refractivity contribution is 7.15. The molecule has 1 aromatic heterocycles. The molecule has 0 atom stereocenters. The first-order chi connectivity index (χ1) is 7.68. The number of hydrogen-bond donors (Lipinski definition) is 2. The van der Waals surface area contributed by atoms with Crippen LogP contribution >= 0.6 is 11.3 Å². The maximum absolute atomic E-state index is 10.4. The molecule has 0 saturated heterocycles. The molecule has 5 heteroatoms. The molecule has 0 bridgehead atoms. The third kappa shape index (κ3) is 3.15. The van der Waals surface area contributed by atoms with E-state index in [9.17, 15) is 5.11 Å². The van der Waals surface area contributed by atoms with Gasteiger partial charge in [0.2, 0.25) is 5.13 Å². The molecular formula is C11H19N3OS. The smallest absolute Gasteiger partial charge is 0.205 e. The first-order valence-corrected chi connectivity index (χ1v) is 6.76. The number of aromatic nitrogens is 2. The maximum Gasteiger partial charge on any atom is 0.205 e. The molecule has 2 N–H and O–H groups in total. The lowest BCUT2D eigenvalue weighted by molar-refractivity contribution is 0.0381. The molecule has 1 heterocycles. The number of nitrogens with zero attached hydrogens (tertiary/aromatic N) is 2. The molecular weight excluding hydrogens is 222 g/mol. The van der Waals surface area contributed by atoms with Crippen LogP contribution in [0.4, 0.5) is 5.13 Å². The normalized spacial score (nSPS) is 20.4. The van der Waals surface area contributed by atoms with Gasteiger partial charge in [0.05, 0.1) is 5.60 Å². The topological polar surface area (TPSA) is 58.0 Å². The second-order valence-electron chi connectivity index (χ2n) is 4.62. The Bertz CT molecular complexity index is 332. The van der Waals surface area contributed by atoms with Crippen LogP contribution in [-0.2, 0) is 0 Å². The fourth-order valence-corrected chi connectivity index (χ4v) is 2.76. The van der Waals surface area contributed by atoms with Crippen molar-refractivity contribution in [1.29, 1.82) is 0 Å². The van der Waals surface area contributed by atoms with E-state index in [-0.39, 0.29) is 0 Å². The van der Waals surface area contributed by atoms with Gasteiger partial charge in [0.25, 0.3) is 0 Å². The zero-order valence-corrected chi connectivity index (χ0v) is 10.5. The maximum atomic E-state index is 10.4. The molecule has 1 aliphatic rings. The standard InChI is InChI=1S/C11H19N3OS/c1-9-13-14-10(16-9)12-8-11(15)6-4-2-3-5-7-11/h15H,2-8H2,1H3,(H,12,14). The van der Waals surface area contributed by atoms with Crippen molar-refractivity contribution in [2.45, 2.75) is 51.0 Å². The lowest BCUT2D eigenvalue weighted by Gasteiger charge is -2.26. The Hall–Kier alpha value is -0.680. The SMILES string of the molecule is Cc1nnc(NCC2(O)CCCCCC2)s1. The van der Waals surface area contributed by atoms with E-state index in [0.717, 1.165) is 35.8 Å². The monoisotopic (exact) mass is 241 g/mol. The van der Waals surface area contributed by atoms with Gasteiger partial charge in [-0.1, -0.05) is 37.0 Å². The Balaban J connectivity index is 1.87. The van der Waals surface area contributed by atoms with Crippen LogP contribution in [0.2, 0.25) is 0 Å². The molecule has 0 spiro atoms. The Morgan fingerprint density at radius 3 is 2.50 bits per heavy atom. The zero-order valence-electron chi connectivity index (χ0n) is 9.70. The minimum atomic E-state index is -0.546. The summed E-state index contributed by atoms with van der Waals surface area (Å²) in [7, 11) is 0. The Labute approximate surface area is 100 Å². The fourth-order valence-electron chi connectivity index (χ4n) is 2.17. The van der Waals surface area contributed by atoms with Crippen molar-refractivity contribution in [3.8, 4) is 0 Å². The number of anilines is 1. The summed E-state index contributed by atoms with van der Waals surface area (Å²) >= 11 is 1.54. The minimum absolute atomic E-state index is 0.546. The number of aryl methyl sites for hydroxylation is 1. The quantitative estimate of drug-likeness (QED) is 0.798. The molecule has 90 valence electrons. The average Bonchev–Trinajstić information content (AvgIpc) is 2.54. The molecule has 0 radical (unpaired) electrons. The van der Waals surface area contributed by atoms with E-state index in [4.69, 9.17) is 0 Å². The highest BCUT2D eigenvalue weighted by Gasteiger charge is 2.27. The number of nitrogens with one attached hydrogen (secondary N) is 1. The summed E-state index contributed by atoms with van der Waals surface area (Å²) in [4.78, 5) is 0. The molecule has 0 aliphatic heterocycles. The van der Waals surface area contributed by atoms with E-state index in [1.807, 2.05) is 6.92 Å². The summed E-state index contributed by atoms with van der Waals surface area (Å²) in [5.41, 5.74) is -0.546. The van der Waals surface area contributed by atoms with Gasteiger partial charge in [-0.25, -0.2) is 0 Å². The van der Waals surface area contributed by atoms with Crippen LogP contribution in [0.5, 0.6) is 0 Å². The molecule has 1 aromatic rings. The van der Waals surface area contributed by atoms with Crippen LogP contribution < -0.4 is 5.32 Å². The molecule has 16 heavy (non-hydrogen) atoms. The molecule has 2 rings (SSSR count). The molecule has 1 saturated carbocycles. The van der Waals surface area contributed by atoms with Crippen LogP contribution in [0.25, 0.3) is 0 Å². The predicted molar refractivity (Wildman–Crippen MR) is 65.8 cm³/mol. The number of aliphatic hydroxyl groups is 1. The van der Waals surface area contributed by atoms with E-state index in [0.29, 0.717) is 6.54 Å². The number of rotatable bonds is 3.